The van der Waals surface area contributed by atoms with Gasteiger partial charge in [-0.25, -0.2) is 0 Å². The number of anilines is 2. The minimum atomic E-state index is 0.401. The normalized spacial score (nSPS) is 16.1. The largest absolute Gasteiger partial charge is 0.382 e. The van der Waals surface area contributed by atoms with Gasteiger partial charge in [0.25, 0.3) is 0 Å². The van der Waals surface area contributed by atoms with E-state index in [-0.39, 0.29) is 0 Å². The average molecular weight is 267 g/mol. The highest BCUT2D eigenvalue weighted by Gasteiger charge is 2.22. The van der Waals surface area contributed by atoms with E-state index in [4.69, 9.17) is 5.73 Å². The highest BCUT2D eigenvalue weighted by atomic mass is 15.3. The molecule has 5 heteroatoms. The first-order valence-electron chi connectivity index (χ1n) is 6.82. The van der Waals surface area contributed by atoms with Crippen molar-refractivity contribution in [2.45, 2.75) is 18.9 Å². The molecule has 1 aromatic carbocycles. The van der Waals surface area contributed by atoms with E-state index in [9.17, 15) is 5.26 Å². The second-order valence-electron chi connectivity index (χ2n) is 5.07. The van der Waals surface area contributed by atoms with Crippen LogP contribution in [0.15, 0.2) is 36.5 Å². The first-order valence-corrected chi connectivity index (χ1v) is 6.82. The summed E-state index contributed by atoms with van der Waals surface area (Å²) in [5.41, 5.74) is 7.44. The summed E-state index contributed by atoms with van der Waals surface area (Å²) < 4.78 is 1.96. The molecule has 0 amide bonds. The van der Waals surface area contributed by atoms with Crippen LogP contribution in [0.25, 0.3) is 0 Å². The number of nitrogens with zero attached hydrogens (tertiary/aromatic N) is 4. The van der Waals surface area contributed by atoms with Gasteiger partial charge in [-0.15, -0.1) is 0 Å². The van der Waals surface area contributed by atoms with E-state index < -0.39 is 0 Å². The smallest absolute Gasteiger partial charge is 0.145 e. The van der Waals surface area contributed by atoms with Crippen LogP contribution in [0.2, 0.25) is 0 Å². The highest BCUT2D eigenvalue weighted by Crippen LogP contribution is 2.28. The number of benzene rings is 1. The number of rotatable bonds is 2. The van der Waals surface area contributed by atoms with Crippen molar-refractivity contribution in [3.05, 3.63) is 42.1 Å². The van der Waals surface area contributed by atoms with Crippen LogP contribution >= 0.6 is 0 Å². The van der Waals surface area contributed by atoms with E-state index in [1.807, 2.05) is 41.2 Å². The third-order valence-electron chi connectivity index (χ3n) is 3.83. The van der Waals surface area contributed by atoms with Gasteiger partial charge in [0.15, 0.2) is 0 Å². The number of nitriles is 1. The van der Waals surface area contributed by atoms with Crippen LogP contribution in [-0.2, 0) is 0 Å². The summed E-state index contributed by atoms with van der Waals surface area (Å²) in [6.45, 7) is 1.87. The lowest BCUT2D eigenvalue weighted by Crippen LogP contribution is -2.35. The van der Waals surface area contributed by atoms with E-state index in [0.717, 1.165) is 37.2 Å². The predicted octanol–water partition coefficient (Wildman–Crippen LogP) is 2.18. The number of aromatic nitrogens is 2. The Kier molecular flexibility index (Phi) is 3.30. The summed E-state index contributed by atoms with van der Waals surface area (Å²) in [6.07, 6.45) is 3.97. The van der Waals surface area contributed by atoms with Gasteiger partial charge < -0.3 is 10.6 Å². The van der Waals surface area contributed by atoms with E-state index in [1.165, 1.54) is 0 Å². The summed E-state index contributed by atoms with van der Waals surface area (Å²) in [5.74, 6) is 0.572. The number of para-hydroxylation sites is 1. The number of piperidine rings is 1. The van der Waals surface area contributed by atoms with Crippen molar-refractivity contribution < 1.29 is 0 Å². The van der Waals surface area contributed by atoms with Crippen molar-refractivity contribution in [2.75, 3.05) is 23.7 Å². The Morgan fingerprint density at radius 1 is 1.20 bits per heavy atom. The third kappa shape index (κ3) is 2.32. The Balaban J connectivity index is 1.71. The standard InChI is InChI=1S/C15H17N5/c16-11-12-3-1-2-4-14(12)19-8-5-13(6-9-19)20-10-7-15(17)18-20/h1-4,7,10,13H,5-6,8-9H2,(H2,17,18). The average Bonchev–Trinajstić information content (AvgIpc) is 2.94. The topological polar surface area (TPSA) is 70.9 Å². The van der Waals surface area contributed by atoms with Crippen molar-refractivity contribution in [3.8, 4) is 6.07 Å². The SMILES string of the molecule is N#Cc1ccccc1N1CCC(n2ccc(N)n2)CC1. The number of hydrogen-bond acceptors (Lipinski definition) is 4. The predicted molar refractivity (Wildman–Crippen MR) is 78.3 cm³/mol. The molecule has 2 heterocycles. The van der Waals surface area contributed by atoms with Gasteiger partial charge >= 0.3 is 0 Å². The zero-order valence-corrected chi connectivity index (χ0v) is 11.2. The van der Waals surface area contributed by atoms with E-state index in [0.29, 0.717) is 11.9 Å². The zero-order valence-electron chi connectivity index (χ0n) is 11.2. The fourth-order valence-corrected chi connectivity index (χ4v) is 2.77. The minimum Gasteiger partial charge on any atom is -0.382 e. The summed E-state index contributed by atoms with van der Waals surface area (Å²) in [5, 5.41) is 13.5. The highest BCUT2D eigenvalue weighted by molar-refractivity contribution is 5.59. The van der Waals surface area contributed by atoms with Crippen molar-refractivity contribution in [1.29, 1.82) is 5.26 Å². The summed E-state index contributed by atoms with van der Waals surface area (Å²) in [6, 6.07) is 12.3. The number of nitrogens with two attached hydrogens (primary N) is 1. The van der Waals surface area contributed by atoms with Crippen LogP contribution in [0.1, 0.15) is 24.4 Å². The lowest BCUT2D eigenvalue weighted by Gasteiger charge is -2.34. The fraction of sp³-hybridized carbons (Fsp3) is 0.333. The second-order valence-corrected chi connectivity index (χ2v) is 5.07. The Bertz CT molecular complexity index is 632. The molecule has 0 atom stereocenters. The van der Waals surface area contributed by atoms with E-state index in [2.05, 4.69) is 16.1 Å². The van der Waals surface area contributed by atoms with Gasteiger partial charge in [-0.2, -0.15) is 10.4 Å². The molecule has 1 aliphatic rings. The molecule has 1 fully saturated rings. The van der Waals surface area contributed by atoms with Gasteiger partial charge in [-0.05, 0) is 31.0 Å². The summed E-state index contributed by atoms with van der Waals surface area (Å²) in [7, 11) is 0. The summed E-state index contributed by atoms with van der Waals surface area (Å²) in [4.78, 5) is 2.28. The molecule has 3 rings (SSSR count). The molecular formula is C15H17N5. The van der Waals surface area contributed by atoms with Crippen molar-refractivity contribution in [3.63, 3.8) is 0 Å². The lowest BCUT2D eigenvalue weighted by atomic mass is 10.0. The van der Waals surface area contributed by atoms with Gasteiger partial charge in [0.1, 0.15) is 11.9 Å². The first-order chi connectivity index (χ1) is 9.78. The maximum Gasteiger partial charge on any atom is 0.145 e. The van der Waals surface area contributed by atoms with E-state index >= 15 is 0 Å². The second kappa shape index (κ2) is 5.25. The maximum atomic E-state index is 9.18. The minimum absolute atomic E-state index is 0.401. The first kappa shape index (κ1) is 12.5. The van der Waals surface area contributed by atoms with Crippen molar-refractivity contribution in [1.82, 2.24) is 9.78 Å². The lowest BCUT2D eigenvalue weighted by molar-refractivity contribution is 0.368. The van der Waals surface area contributed by atoms with Crippen LogP contribution in [0.3, 0.4) is 0 Å². The van der Waals surface area contributed by atoms with Gasteiger partial charge in [-0.1, -0.05) is 12.1 Å². The third-order valence-corrected chi connectivity index (χ3v) is 3.83. The Hall–Kier alpha value is -2.48. The van der Waals surface area contributed by atoms with Gasteiger partial charge in [-0.3, -0.25) is 4.68 Å². The molecule has 0 aliphatic carbocycles. The van der Waals surface area contributed by atoms with Crippen LogP contribution in [0.5, 0.6) is 0 Å². The Morgan fingerprint density at radius 2 is 1.95 bits per heavy atom. The van der Waals surface area contributed by atoms with Crippen LogP contribution < -0.4 is 10.6 Å². The molecule has 0 unspecified atom stereocenters. The van der Waals surface area contributed by atoms with Gasteiger partial charge in [0, 0.05) is 19.3 Å². The molecule has 2 N–H and O–H groups in total. The molecule has 1 saturated heterocycles. The monoisotopic (exact) mass is 267 g/mol. The molecule has 0 bridgehead atoms. The fourth-order valence-electron chi connectivity index (χ4n) is 2.77. The van der Waals surface area contributed by atoms with Gasteiger partial charge in [0.05, 0.1) is 17.3 Å². The van der Waals surface area contributed by atoms with Crippen LogP contribution in [0, 0.1) is 11.3 Å². The Labute approximate surface area is 118 Å². The van der Waals surface area contributed by atoms with Crippen LogP contribution in [-0.4, -0.2) is 22.9 Å². The molecule has 20 heavy (non-hydrogen) atoms. The number of nitrogen functional groups attached to an aromatic ring is 1. The molecule has 102 valence electrons. The Morgan fingerprint density at radius 3 is 2.60 bits per heavy atom. The van der Waals surface area contributed by atoms with E-state index in [1.54, 1.807) is 0 Å². The molecule has 1 aromatic heterocycles. The molecule has 1 aliphatic heterocycles. The molecule has 0 saturated carbocycles. The van der Waals surface area contributed by atoms with Gasteiger partial charge in [0.2, 0.25) is 0 Å². The molecular weight excluding hydrogens is 250 g/mol. The molecule has 2 aromatic rings. The van der Waals surface area contributed by atoms with Crippen molar-refractivity contribution in [2.24, 2.45) is 0 Å². The molecule has 5 nitrogen and oxygen atoms in total. The van der Waals surface area contributed by atoms with Crippen molar-refractivity contribution >= 4 is 11.5 Å². The molecule has 0 radical (unpaired) electrons. The quantitative estimate of drug-likeness (QED) is 0.905. The number of hydrogen-bond donors (Lipinski definition) is 1. The maximum absolute atomic E-state index is 9.18. The zero-order chi connectivity index (χ0) is 13.9. The summed E-state index contributed by atoms with van der Waals surface area (Å²) >= 11 is 0. The van der Waals surface area contributed by atoms with Crippen LogP contribution in [0.4, 0.5) is 11.5 Å². The molecule has 0 spiro atoms.